The molecule has 2 bridgehead atoms. The van der Waals surface area contributed by atoms with Gasteiger partial charge in [0.25, 0.3) is 5.56 Å². The maximum Gasteiger partial charge on any atom is 0.251 e. The Morgan fingerprint density at radius 3 is 2.81 bits per heavy atom. The number of carbonyl (C=O) groups excluding carboxylic acids is 2. The lowest BCUT2D eigenvalue weighted by atomic mass is 9.78. The van der Waals surface area contributed by atoms with Gasteiger partial charge in [0.2, 0.25) is 11.8 Å². The number of likely N-dealkylation sites (tertiary alicyclic amines) is 1. The second-order valence-corrected chi connectivity index (χ2v) is 7.23. The predicted octanol–water partition coefficient (Wildman–Crippen LogP) is 0.363. The van der Waals surface area contributed by atoms with E-state index in [4.69, 9.17) is 0 Å². The Morgan fingerprint density at radius 2 is 2.11 bits per heavy atom. The van der Waals surface area contributed by atoms with Crippen molar-refractivity contribution >= 4 is 11.8 Å². The lowest BCUT2D eigenvalue weighted by molar-refractivity contribution is -0.135. The third-order valence-corrected chi connectivity index (χ3v) is 5.54. The van der Waals surface area contributed by atoms with Crippen LogP contribution in [-0.4, -0.2) is 44.7 Å². The van der Waals surface area contributed by atoms with E-state index in [9.17, 15) is 14.4 Å². The van der Waals surface area contributed by atoms with Crippen LogP contribution < -0.4 is 10.9 Å². The molecule has 9 nitrogen and oxygen atoms in total. The standard InChI is InChI=1S/C18H21N5O4/c1-10-14(21-27-20-10)7-19-18(26)17-13-6-12(8-22(9-13)11(2)24)15-4-3-5-16(25)23(15)17/h3-5,12-13,17H,6-9H2,1-2H3,(H,19,26)/t12-,13+,17-/m1/s1. The Morgan fingerprint density at radius 1 is 1.30 bits per heavy atom. The normalized spacial score (nSPS) is 23.6. The van der Waals surface area contributed by atoms with Gasteiger partial charge in [0.1, 0.15) is 17.4 Å². The van der Waals surface area contributed by atoms with Crippen LogP contribution in [0.15, 0.2) is 27.6 Å². The zero-order chi connectivity index (χ0) is 19.1. The fraction of sp³-hybridized carbons (Fsp3) is 0.500. The van der Waals surface area contributed by atoms with Gasteiger partial charge in [0.15, 0.2) is 0 Å². The van der Waals surface area contributed by atoms with E-state index in [1.807, 2.05) is 6.07 Å². The molecule has 2 amide bonds. The lowest BCUT2D eigenvalue weighted by Crippen LogP contribution is -2.54. The van der Waals surface area contributed by atoms with E-state index in [2.05, 4.69) is 20.3 Å². The third-order valence-electron chi connectivity index (χ3n) is 5.54. The number of carbonyl (C=O) groups is 2. The summed E-state index contributed by atoms with van der Waals surface area (Å²) in [6.07, 6.45) is 0.774. The van der Waals surface area contributed by atoms with Crippen LogP contribution in [0.3, 0.4) is 0 Å². The summed E-state index contributed by atoms with van der Waals surface area (Å²) in [5, 5.41) is 10.3. The third kappa shape index (κ3) is 3.02. The Labute approximate surface area is 155 Å². The summed E-state index contributed by atoms with van der Waals surface area (Å²) in [4.78, 5) is 39.3. The van der Waals surface area contributed by atoms with Gasteiger partial charge in [-0.05, 0) is 19.4 Å². The van der Waals surface area contributed by atoms with Crippen LogP contribution in [0, 0.1) is 12.8 Å². The number of fused-ring (bicyclic) bond motifs is 4. The Bertz CT molecular complexity index is 949. The molecule has 2 aromatic rings. The highest BCUT2D eigenvalue weighted by Gasteiger charge is 2.44. The molecular weight excluding hydrogens is 350 g/mol. The summed E-state index contributed by atoms with van der Waals surface area (Å²) < 4.78 is 6.25. The van der Waals surface area contributed by atoms with Crippen LogP contribution in [0.5, 0.6) is 0 Å². The van der Waals surface area contributed by atoms with Crippen molar-refractivity contribution in [2.45, 2.75) is 38.8 Å². The van der Waals surface area contributed by atoms with E-state index in [-0.39, 0.29) is 35.8 Å². The monoisotopic (exact) mass is 371 g/mol. The van der Waals surface area contributed by atoms with Crippen LogP contribution in [-0.2, 0) is 16.1 Å². The zero-order valence-electron chi connectivity index (χ0n) is 15.2. The first-order valence-electron chi connectivity index (χ1n) is 8.98. The van der Waals surface area contributed by atoms with Gasteiger partial charge >= 0.3 is 0 Å². The number of pyridine rings is 1. The summed E-state index contributed by atoms with van der Waals surface area (Å²) in [6.45, 7) is 4.50. The van der Waals surface area contributed by atoms with Gasteiger partial charge in [-0.25, -0.2) is 4.63 Å². The summed E-state index contributed by atoms with van der Waals surface area (Å²) in [5.41, 5.74) is 1.77. The van der Waals surface area contributed by atoms with Crippen molar-refractivity contribution in [1.82, 2.24) is 25.1 Å². The highest BCUT2D eigenvalue weighted by molar-refractivity contribution is 5.81. The molecular formula is C18H21N5O4. The number of aromatic nitrogens is 3. The summed E-state index contributed by atoms with van der Waals surface area (Å²) in [6, 6.07) is 4.39. The van der Waals surface area contributed by atoms with E-state index < -0.39 is 6.04 Å². The Kier molecular flexibility index (Phi) is 4.29. The average Bonchev–Trinajstić information content (AvgIpc) is 3.05. The Balaban J connectivity index is 1.66. The maximum atomic E-state index is 13.0. The fourth-order valence-electron chi connectivity index (χ4n) is 4.21. The van der Waals surface area contributed by atoms with Crippen LogP contribution in [0.4, 0.5) is 0 Å². The first kappa shape index (κ1) is 17.4. The van der Waals surface area contributed by atoms with Crippen molar-refractivity contribution in [3.63, 3.8) is 0 Å². The molecule has 0 radical (unpaired) electrons. The molecule has 9 heteroatoms. The van der Waals surface area contributed by atoms with Crippen LogP contribution >= 0.6 is 0 Å². The molecule has 0 spiro atoms. The van der Waals surface area contributed by atoms with Crippen molar-refractivity contribution in [2.24, 2.45) is 5.92 Å². The van der Waals surface area contributed by atoms with E-state index in [1.54, 1.807) is 22.5 Å². The number of nitrogens with zero attached hydrogens (tertiary/aromatic N) is 4. The van der Waals surface area contributed by atoms with Gasteiger partial charge < -0.3 is 10.2 Å². The minimum absolute atomic E-state index is 0.0140. The molecule has 142 valence electrons. The molecule has 0 saturated carbocycles. The number of amides is 2. The maximum absolute atomic E-state index is 13.0. The van der Waals surface area contributed by atoms with Gasteiger partial charge in [-0.3, -0.25) is 19.0 Å². The molecule has 1 saturated heterocycles. The molecule has 2 aliphatic heterocycles. The lowest BCUT2D eigenvalue weighted by Gasteiger charge is -2.46. The van der Waals surface area contributed by atoms with Crippen LogP contribution in [0.25, 0.3) is 0 Å². The smallest absolute Gasteiger partial charge is 0.251 e. The quantitative estimate of drug-likeness (QED) is 0.834. The highest BCUT2D eigenvalue weighted by Crippen LogP contribution is 2.41. The molecule has 2 aliphatic rings. The molecule has 3 atom stereocenters. The molecule has 0 unspecified atom stereocenters. The molecule has 0 aliphatic carbocycles. The fourth-order valence-corrected chi connectivity index (χ4v) is 4.21. The van der Waals surface area contributed by atoms with Gasteiger partial charge in [-0.2, -0.15) is 0 Å². The molecule has 1 fully saturated rings. The minimum Gasteiger partial charge on any atom is -0.348 e. The van der Waals surface area contributed by atoms with E-state index in [1.165, 1.54) is 13.0 Å². The molecule has 2 aromatic heterocycles. The number of hydrogen-bond acceptors (Lipinski definition) is 6. The average molecular weight is 371 g/mol. The van der Waals surface area contributed by atoms with Crippen molar-refractivity contribution in [3.8, 4) is 0 Å². The van der Waals surface area contributed by atoms with Gasteiger partial charge in [0, 0.05) is 43.6 Å². The second kappa shape index (κ2) is 6.64. The predicted molar refractivity (Wildman–Crippen MR) is 93.7 cm³/mol. The molecule has 4 rings (SSSR count). The summed E-state index contributed by atoms with van der Waals surface area (Å²) in [7, 11) is 0. The molecule has 4 heterocycles. The first-order valence-corrected chi connectivity index (χ1v) is 8.98. The topological polar surface area (TPSA) is 110 Å². The minimum atomic E-state index is -0.660. The number of piperidine rings is 1. The number of nitrogens with one attached hydrogen (secondary N) is 1. The number of aryl methyl sites for hydroxylation is 1. The van der Waals surface area contributed by atoms with Gasteiger partial charge in [-0.15, -0.1) is 0 Å². The Hall–Kier alpha value is -2.97. The first-order chi connectivity index (χ1) is 13.0. The van der Waals surface area contributed by atoms with E-state index in [0.717, 1.165) is 12.1 Å². The van der Waals surface area contributed by atoms with Crippen molar-refractivity contribution in [3.05, 3.63) is 45.6 Å². The van der Waals surface area contributed by atoms with Gasteiger partial charge in [-0.1, -0.05) is 16.4 Å². The van der Waals surface area contributed by atoms with Crippen molar-refractivity contribution < 1.29 is 14.2 Å². The summed E-state index contributed by atoms with van der Waals surface area (Å²) >= 11 is 0. The largest absolute Gasteiger partial charge is 0.348 e. The van der Waals surface area contributed by atoms with Gasteiger partial charge in [0.05, 0.1) is 6.54 Å². The SMILES string of the molecule is CC(=O)N1C[C@H]2C[C@@H](C1)[C@H](C(=O)NCc1nonc1C)n1c2cccc1=O. The number of hydrogen-bond donors (Lipinski definition) is 1. The van der Waals surface area contributed by atoms with Crippen molar-refractivity contribution in [1.29, 1.82) is 0 Å². The second-order valence-electron chi connectivity index (χ2n) is 7.23. The van der Waals surface area contributed by atoms with E-state index >= 15 is 0 Å². The summed E-state index contributed by atoms with van der Waals surface area (Å²) in [5.74, 6) is -0.329. The number of rotatable bonds is 3. The van der Waals surface area contributed by atoms with E-state index in [0.29, 0.717) is 24.5 Å². The zero-order valence-corrected chi connectivity index (χ0v) is 15.2. The molecule has 1 N–H and O–H groups in total. The highest BCUT2D eigenvalue weighted by atomic mass is 16.6. The molecule has 27 heavy (non-hydrogen) atoms. The van der Waals surface area contributed by atoms with Crippen LogP contribution in [0.2, 0.25) is 0 Å². The van der Waals surface area contributed by atoms with Crippen molar-refractivity contribution in [2.75, 3.05) is 13.1 Å². The molecule has 0 aromatic carbocycles. The van der Waals surface area contributed by atoms with Crippen LogP contribution in [0.1, 0.15) is 42.4 Å².